The second kappa shape index (κ2) is 12.6. The summed E-state index contributed by atoms with van der Waals surface area (Å²) in [7, 11) is -3.38. The molecular weight excluding hydrogens is 664 g/mol. The zero-order valence-electron chi connectivity index (χ0n) is 26.8. The Labute approximate surface area is 293 Å². The first-order valence-electron chi connectivity index (χ1n) is 15.9. The van der Waals surface area contributed by atoms with Gasteiger partial charge < -0.3 is 0 Å². The third-order valence-electron chi connectivity index (χ3n) is 8.88. The molecule has 8 aromatic rings. The second-order valence-electron chi connectivity index (χ2n) is 12.0. The van der Waals surface area contributed by atoms with E-state index in [0.717, 1.165) is 49.2 Å². The van der Waals surface area contributed by atoms with Crippen LogP contribution in [0.1, 0.15) is 16.7 Å². The predicted molar refractivity (Wildman–Crippen MR) is 197 cm³/mol. The van der Waals surface area contributed by atoms with Gasteiger partial charge in [0.2, 0.25) is 0 Å². The van der Waals surface area contributed by atoms with Crippen molar-refractivity contribution in [2.45, 2.75) is 9.75 Å². The monoisotopic (exact) mass is 692 g/mol. The minimum absolute atomic E-state index is 0.273. The number of halogens is 1. The number of rotatable bonds is 8. The van der Waals surface area contributed by atoms with Gasteiger partial charge in [-0.2, -0.15) is 5.10 Å². The van der Waals surface area contributed by atoms with Gasteiger partial charge in [-0.15, -0.1) is 11.3 Å². The van der Waals surface area contributed by atoms with Crippen molar-refractivity contribution in [1.29, 1.82) is 0 Å². The van der Waals surface area contributed by atoms with E-state index in [0.29, 0.717) is 11.4 Å². The molecule has 0 amide bonds. The van der Waals surface area contributed by atoms with Crippen LogP contribution in [0.25, 0.3) is 43.9 Å². The van der Waals surface area contributed by atoms with Crippen LogP contribution in [0.5, 0.6) is 0 Å². The van der Waals surface area contributed by atoms with Crippen molar-refractivity contribution in [2.75, 3.05) is 6.26 Å². The van der Waals surface area contributed by atoms with Crippen molar-refractivity contribution in [3.8, 4) is 33.0 Å². The Bertz CT molecular complexity index is 2470. The number of nitrogens with zero attached hydrogens (tertiary/aromatic N) is 4. The fraction of sp³-hybridized carbons (Fsp3) is 0.0488. The highest BCUT2D eigenvalue weighted by Crippen LogP contribution is 2.44. The zero-order chi connectivity index (χ0) is 34.3. The summed E-state index contributed by atoms with van der Waals surface area (Å²) in [6, 6.07) is 46.6. The van der Waals surface area contributed by atoms with E-state index in [1.165, 1.54) is 36.1 Å². The number of hydrogen-bond donors (Lipinski definition) is 0. The first-order chi connectivity index (χ1) is 24.3. The number of fused-ring (bicyclic) bond motifs is 1. The molecule has 0 saturated carbocycles. The summed E-state index contributed by atoms with van der Waals surface area (Å²) in [5, 5.41) is 6.15. The molecule has 0 aliphatic rings. The summed E-state index contributed by atoms with van der Waals surface area (Å²) >= 11 is 1.18. The van der Waals surface area contributed by atoms with E-state index in [-0.39, 0.29) is 10.0 Å². The van der Waals surface area contributed by atoms with Crippen molar-refractivity contribution < 1.29 is 12.8 Å². The topological polar surface area (TPSA) is 77.7 Å². The molecule has 0 fully saturated rings. The quantitative estimate of drug-likeness (QED) is 0.148. The summed E-state index contributed by atoms with van der Waals surface area (Å²) in [5.41, 5.74) is 6.64. The maximum atomic E-state index is 14.3. The highest BCUT2D eigenvalue weighted by Gasteiger charge is 2.40. The summed E-state index contributed by atoms with van der Waals surface area (Å²) < 4.78 is 41.2. The fourth-order valence-electron chi connectivity index (χ4n) is 6.58. The van der Waals surface area contributed by atoms with Gasteiger partial charge in [0.15, 0.2) is 9.84 Å². The molecule has 9 heteroatoms. The van der Waals surface area contributed by atoms with Crippen LogP contribution in [-0.2, 0) is 15.4 Å². The lowest BCUT2D eigenvalue weighted by Gasteiger charge is -2.36. The van der Waals surface area contributed by atoms with Crippen molar-refractivity contribution in [2.24, 2.45) is 0 Å². The van der Waals surface area contributed by atoms with Gasteiger partial charge >= 0.3 is 0 Å². The Morgan fingerprint density at radius 2 is 1.24 bits per heavy atom. The van der Waals surface area contributed by atoms with Crippen LogP contribution in [0.15, 0.2) is 162 Å². The van der Waals surface area contributed by atoms with Crippen molar-refractivity contribution in [3.63, 3.8) is 0 Å². The average Bonchev–Trinajstić information content (AvgIpc) is 3.83. The highest BCUT2D eigenvalue weighted by molar-refractivity contribution is 7.92. The maximum absolute atomic E-state index is 14.3. The Morgan fingerprint density at radius 3 is 1.80 bits per heavy atom. The standard InChI is InChI=1S/C41H29FN4O2S2/c1-50(47,48)38-24-23-37(49-38)40-34-25-29(19-22-36(34)43-27-44-40)35-26-46(45-39(35)28-17-20-33(42)21-18-28)41(30-11-5-2-6-12-30,31-13-7-3-8-14-31)32-15-9-4-10-16-32/h2-27H,1H3. The Kier molecular flexibility index (Phi) is 7.94. The van der Waals surface area contributed by atoms with Gasteiger partial charge in [0, 0.05) is 29.0 Å². The van der Waals surface area contributed by atoms with Crippen molar-refractivity contribution in [3.05, 3.63) is 181 Å². The van der Waals surface area contributed by atoms with Gasteiger partial charge in [0.1, 0.15) is 27.6 Å². The number of thiophene rings is 1. The maximum Gasteiger partial charge on any atom is 0.184 e. The fourth-order valence-corrected chi connectivity index (χ4v) is 8.52. The molecule has 3 heterocycles. The molecule has 0 aliphatic carbocycles. The second-order valence-corrected chi connectivity index (χ2v) is 15.3. The van der Waals surface area contributed by atoms with Gasteiger partial charge in [-0.1, -0.05) is 97.1 Å². The third kappa shape index (κ3) is 5.50. The molecule has 0 saturated heterocycles. The molecule has 0 radical (unpaired) electrons. The lowest BCUT2D eigenvalue weighted by atomic mass is 9.77. The first-order valence-corrected chi connectivity index (χ1v) is 18.6. The predicted octanol–water partition coefficient (Wildman–Crippen LogP) is 9.27. The molecule has 3 aromatic heterocycles. The molecule has 0 spiro atoms. The number of aromatic nitrogens is 4. The van der Waals surface area contributed by atoms with Crippen LogP contribution < -0.4 is 0 Å². The van der Waals surface area contributed by atoms with Crippen molar-refractivity contribution >= 4 is 32.1 Å². The molecular formula is C41H29FN4O2S2. The molecule has 0 N–H and O–H groups in total. The smallest absolute Gasteiger partial charge is 0.184 e. The van der Waals surface area contributed by atoms with Crippen LogP contribution in [0.4, 0.5) is 4.39 Å². The van der Waals surface area contributed by atoms with E-state index in [2.05, 4.69) is 52.6 Å². The Balaban J connectivity index is 1.42. The van der Waals surface area contributed by atoms with Gasteiger partial charge in [-0.3, -0.25) is 4.68 Å². The average molecular weight is 693 g/mol. The Hall–Kier alpha value is -5.77. The normalized spacial score (nSPS) is 12.0. The number of benzene rings is 5. The summed E-state index contributed by atoms with van der Waals surface area (Å²) in [6.07, 6.45) is 4.75. The summed E-state index contributed by atoms with van der Waals surface area (Å²) in [5.74, 6) is -0.334. The highest BCUT2D eigenvalue weighted by atomic mass is 32.2. The minimum Gasteiger partial charge on any atom is -0.252 e. The molecule has 6 nitrogen and oxygen atoms in total. The van der Waals surface area contributed by atoms with Gasteiger partial charge in [-0.25, -0.2) is 22.8 Å². The van der Waals surface area contributed by atoms with E-state index in [1.54, 1.807) is 24.3 Å². The van der Waals surface area contributed by atoms with E-state index < -0.39 is 15.4 Å². The van der Waals surface area contributed by atoms with Crippen LogP contribution in [-0.4, -0.2) is 34.4 Å². The van der Waals surface area contributed by atoms with Gasteiger partial charge in [0.05, 0.1) is 16.1 Å². The van der Waals surface area contributed by atoms with E-state index in [9.17, 15) is 12.8 Å². The zero-order valence-corrected chi connectivity index (χ0v) is 28.4. The third-order valence-corrected chi connectivity index (χ3v) is 11.8. The summed E-state index contributed by atoms with van der Waals surface area (Å²) in [4.78, 5) is 9.85. The molecule has 0 bridgehead atoms. The van der Waals surface area contributed by atoms with E-state index >= 15 is 0 Å². The lowest BCUT2D eigenvalue weighted by Crippen LogP contribution is -2.38. The largest absolute Gasteiger partial charge is 0.252 e. The SMILES string of the molecule is CS(=O)(=O)c1ccc(-c2ncnc3ccc(-c4cn(C(c5ccccc5)(c5ccccc5)c5ccccc5)nc4-c4ccc(F)cc4)cc23)s1. The Morgan fingerprint density at radius 1 is 0.660 bits per heavy atom. The molecule has 244 valence electrons. The van der Waals surface area contributed by atoms with Crippen LogP contribution in [0, 0.1) is 5.82 Å². The minimum atomic E-state index is -3.38. The molecule has 8 rings (SSSR count). The van der Waals surface area contributed by atoms with E-state index in [4.69, 9.17) is 5.10 Å². The van der Waals surface area contributed by atoms with Crippen LogP contribution in [0.3, 0.4) is 0 Å². The number of hydrogen-bond acceptors (Lipinski definition) is 6. The van der Waals surface area contributed by atoms with Crippen LogP contribution in [0.2, 0.25) is 0 Å². The van der Waals surface area contributed by atoms with Gasteiger partial charge in [-0.05, 0) is 70.8 Å². The molecule has 0 atom stereocenters. The lowest BCUT2D eigenvalue weighted by molar-refractivity contribution is 0.461. The van der Waals surface area contributed by atoms with Gasteiger partial charge in [0.25, 0.3) is 0 Å². The molecule has 0 unspecified atom stereocenters. The molecule has 5 aromatic carbocycles. The number of sulfone groups is 1. The molecule has 0 aliphatic heterocycles. The first kappa shape index (κ1) is 31.5. The molecule has 50 heavy (non-hydrogen) atoms. The van der Waals surface area contributed by atoms with Crippen LogP contribution >= 0.6 is 11.3 Å². The van der Waals surface area contributed by atoms with E-state index in [1.807, 2.05) is 77.5 Å². The van der Waals surface area contributed by atoms with Crippen molar-refractivity contribution in [1.82, 2.24) is 19.7 Å². The summed E-state index contributed by atoms with van der Waals surface area (Å²) in [6.45, 7) is 0.